The molecule has 0 aromatic carbocycles. The van der Waals surface area contributed by atoms with Crippen LogP contribution in [0.5, 0.6) is 0 Å². The molecule has 1 fully saturated rings. The SMILES string of the molecule is CN(C)c1nc(CN2CCC(c3nnc4ccc(-n5cccn5)nn34)CC2)ns1. The third kappa shape index (κ3) is 3.58. The van der Waals surface area contributed by atoms with Crippen LogP contribution in [0.25, 0.3) is 11.5 Å². The number of aromatic nitrogens is 8. The van der Waals surface area contributed by atoms with Crippen molar-refractivity contribution in [3.05, 3.63) is 42.2 Å². The van der Waals surface area contributed by atoms with Gasteiger partial charge in [-0.15, -0.1) is 15.3 Å². The summed E-state index contributed by atoms with van der Waals surface area (Å²) < 4.78 is 8.09. The van der Waals surface area contributed by atoms with Gasteiger partial charge < -0.3 is 4.90 Å². The Kier molecular flexibility index (Phi) is 4.68. The van der Waals surface area contributed by atoms with E-state index in [4.69, 9.17) is 5.10 Å². The smallest absolute Gasteiger partial charge is 0.204 e. The molecule has 0 N–H and O–H groups in total. The minimum absolute atomic E-state index is 0.336. The first kappa shape index (κ1) is 18.1. The van der Waals surface area contributed by atoms with Crippen LogP contribution in [0.4, 0.5) is 5.13 Å². The van der Waals surface area contributed by atoms with Crippen LogP contribution in [0.2, 0.25) is 0 Å². The van der Waals surface area contributed by atoms with Crippen LogP contribution in [0.15, 0.2) is 30.6 Å². The van der Waals surface area contributed by atoms with Crippen molar-refractivity contribution in [2.45, 2.75) is 25.3 Å². The van der Waals surface area contributed by atoms with Crippen molar-refractivity contribution in [2.24, 2.45) is 0 Å². The summed E-state index contributed by atoms with van der Waals surface area (Å²) in [4.78, 5) is 9.00. The molecule has 10 nitrogen and oxygen atoms in total. The summed E-state index contributed by atoms with van der Waals surface area (Å²) in [5.74, 6) is 2.92. The van der Waals surface area contributed by atoms with E-state index in [9.17, 15) is 0 Å². The van der Waals surface area contributed by atoms with Gasteiger partial charge in [0.25, 0.3) is 0 Å². The fourth-order valence-electron chi connectivity index (χ4n) is 3.62. The molecule has 0 unspecified atom stereocenters. The van der Waals surface area contributed by atoms with E-state index in [0.717, 1.165) is 60.7 Å². The number of hydrogen-bond donors (Lipinski definition) is 0. The summed E-state index contributed by atoms with van der Waals surface area (Å²) in [6.07, 6.45) is 5.65. The standard InChI is InChI=1S/C18H22N10S/c1-25(2)18-20-14(24-29-18)12-26-10-6-13(7-11-26)17-22-21-15-4-5-16(23-28(15)17)27-9-3-8-19-27/h3-5,8-9,13H,6-7,10-12H2,1-2H3. The van der Waals surface area contributed by atoms with Crippen molar-refractivity contribution in [2.75, 3.05) is 32.1 Å². The molecule has 4 aromatic heterocycles. The van der Waals surface area contributed by atoms with Crippen LogP contribution in [0.1, 0.15) is 30.4 Å². The molecular formula is C18H22N10S. The normalized spacial score (nSPS) is 15.9. The summed E-state index contributed by atoms with van der Waals surface area (Å²) in [6.45, 7) is 2.75. The first-order chi connectivity index (χ1) is 14.2. The Morgan fingerprint density at radius 1 is 1.17 bits per heavy atom. The second-order valence-corrected chi connectivity index (χ2v) is 8.14. The third-order valence-electron chi connectivity index (χ3n) is 5.17. The zero-order valence-electron chi connectivity index (χ0n) is 16.4. The lowest BCUT2D eigenvalue weighted by Gasteiger charge is -2.30. The van der Waals surface area contributed by atoms with E-state index in [1.54, 1.807) is 10.9 Å². The molecule has 0 atom stereocenters. The van der Waals surface area contributed by atoms with E-state index in [1.165, 1.54) is 11.5 Å². The zero-order valence-corrected chi connectivity index (χ0v) is 17.2. The minimum atomic E-state index is 0.336. The number of fused-ring (bicyclic) bond motifs is 1. The molecule has 1 aliphatic heterocycles. The number of likely N-dealkylation sites (tertiary alicyclic amines) is 1. The van der Waals surface area contributed by atoms with Crippen LogP contribution < -0.4 is 4.90 Å². The molecule has 0 aliphatic carbocycles. The topological polar surface area (TPSA) is 93.2 Å². The maximum atomic E-state index is 4.71. The van der Waals surface area contributed by atoms with E-state index < -0.39 is 0 Å². The van der Waals surface area contributed by atoms with Crippen LogP contribution >= 0.6 is 11.5 Å². The monoisotopic (exact) mass is 410 g/mol. The quantitative estimate of drug-likeness (QED) is 0.490. The van der Waals surface area contributed by atoms with Crippen LogP contribution in [-0.2, 0) is 6.54 Å². The first-order valence-corrected chi connectivity index (χ1v) is 10.4. The Bertz CT molecular complexity index is 1090. The number of rotatable bonds is 5. The molecule has 0 spiro atoms. The average molecular weight is 411 g/mol. The molecular weight excluding hydrogens is 388 g/mol. The maximum Gasteiger partial charge on any atom is 0.204 e. The van der Waals surface area contributed by atoms with Crippen LogP contribution in [0.3, 0.4) is 0 Å². The predicted octanol–water partition coefficient (Wildman–Crippen LogP) is 1.61. The van der Waals surface area contributed by atoms with Gasteiger partial charge in [-0.1, -0.05) is 0 Å². The molecule has 0 saturated carbocycles. The van der Waals surface area contributed by atoms with Crippen LogP contribution in [0, 0.1) is 0 Å². The van der Waals surface area contributed by atoms with E-state index in [1.807, 2.05) is 47.9 Å². The summed E-state index contributed by atoms with van der Waals surface area (Å²) in [7, 11) is 3.98. The summed E-state index contributed by atoms with van der Waals surface area (Å²) in [5, 5.41) is 18.7. The Labute approximate surface area is 172 Å². The van der Waals surface area contributed by atoms with Gasteiger partial charge in [0.2, 0.25) is 5.13 Å². The van der Waals surface area contributed by atoms with Crippen molar-refractivity contribution in [3.63, 3.8) is 0 Å². The Morgan fingerprint density at radius 2 is 2.03 bits per heavy atom. The molecule has 0 radical (unpaired) electrons. The summed E-state index contributed by atoms with van der Waals surface area (Å²) in [5.41, 5.74) is 0.765. The fraction of sp³-hybridized carbons (Fsp3) is 0.444. The van der Waals surface area contributed by atoms with Crippen molar-refractivity contribution >= 4 is 22.3 Å². The Balaban J connectivity index is 1.29. The highest BCUT2D eigenvalue weighted by molar-refractivity contribution is 7.09. The summed E-state index contributed by atoms with van der Waals surface area (Å²) in [6, 6.07) is 5.73. The second kappa shape index (κ2) is 7.48. The van der Waals surface area contributed by atoms with Gasteiger partial charge in [-0.05, 0) is 44.1 Å². The van der Waals surface area contributed by atoms with E-state index in [2.05, 4.69) is 29.6 Å². The van der Waals surface area contributed by atoms with Crippen molar-refractivity contribution in [3.8, 4) is 5.82 Å². The maximum absolute atomic E-state index is 4.71. The van der Waals surface area contributed by atoms with Crippen molar-refractivity contribution in [1.82, 2.24) is 43.8 Å². The third-order valence-corrected chi connectivity index (χ3v) is 6.09. The number of nitrogens with zero attached hydrogens (tertiary/aromatic N) is 10. The highest BCUT2D eigenvalue weighted by Gasteiger charge is 2.26. The molecule has 11 heteroatoms. The largest absolute Gasteiger partial charge is 0.353 e. The molecule has 4 aromatic rings. The lowest BCUT2D eigenvalue weighted by atomic mass is 9.96. The zero-order chi connectivity index (χ0) is 19.8. The molecule has 5 rings (SSSR count). The molecule has 1 aliphatic rings. The van der Waals surface area contributed by atoms with E-state index >= 15 is 0 Å². The Morgan fingerprint density at radius 3 is 2.76 bits per heavy atom. The van der Waals surface area contributed by atoms with Gasteiger partial charge in [0.15, 0.2) is 23.1 Å². The molecule has 5 heterocycles. The Hall–Kier alpha value is -2.92. The van der Waals surface area contributed by atoms with Crippen molar-refractivity contribution < 1.29 is 0 Å². The molecule has 0 amide bonds. The van der Waals surface area contributed by atoms with E-state index in [-0.39, 0.29) is 0 Å². The highest BCUT2D eigenvalue weighted by Crippen LogP contribution is 2.28. The van der Waals surface area contributed by atoms with Gasteiger partial charge in [-0.3, -0.25) is 4.90 Å². The number of anilines is 1. The predicted molar refractivity (Wildman–Crippen MR) is 109 cm³/mol. The average Bonchev–Trinajstić information content (AvgIpc) is 3.49. The first-order valence-electron chi connectivity index (χ1n) is 9.62. The number of piperidine rings is 1. The van der Waals surface area contributed by atoms with Gasteiger partial charge in [0.1, 0.15) is 0 Å². The minimum Gasteiger partial charge on any atom is -0.353 e. The van der Waals surface area contributed by atoms with Gasteiger partial charge in [0, 0.05) is 43.9 Å². The molecule has 150 valence electrons. The van der Waals surface area contributed by atoms with Gasteiger partial charge in [-0.25, -0.2) is 9.67 Å². The highest BCUT2D eigenvalue weighted by atomic mass is 32.1. The lowest BCUT2D eigenvalue weighted by Crippen LogP contribution is -2.33. The van der Waals surface area contributed by atoms with Crippen LogP contribution in [-0.4, -0.2) is 71.0 Å². The van der Waals surface area contributed by atoms with Crippen molar-refractivity contribution in [1.29, 1.82) is 0 Å². The molecule has 29 heavy (non-hydrogen) atoms. The van der Waals surface area contributed by atoms with Gasteiger partial charge >= 0.3 is 0 Å². The van der Waals surface area contributed by atoms with E-state index in [0.29, 0.717) is 5.92 Å². The molecule has 0 bridgehead atoms. The molecule has 1 saturated heterocycles. The lowest BCUT2D eigenvalue weighted by molar-refractivity contribution is 0.197. The second-order valence-electron chi connectivity index (χ2n) is 7.41. The summed E-state index contributed by atoms with van der Waals surface area (Å²) >= 11 is 1.45. The van der Waals surface area contributed by atoms with Gasteiger partial charge in [-0.2, -0.15) is 14.0 Å². The number of hydrogen-bond acceptors (Lipinski definition) is 9. The van der Waals surface area contributed by atoms with Gasteiger partial charge in [0.05, 0.1) is 6.54 Å². The fourth-order valence-corrected chi connectivity index (χ4v) is 4.21.